The van der Waals surface area contributed by atoms with Crippen LogP contribution >= 0.6 is 11.6 Å². The van der Waals surface area contributed by atoms with E-state index in [1.54, 1.807) is 42.5 Å². The van der Waals surface area contributed by atoms with Crippen molar-refractivity contribution in [1.82, 2.24) is 26.2 Å². The van der Waals surface area contributed by atoms with E-state index in [4.69, 9.17) is 17.3 Å². The van der Waals surface area contributed by atoms with Crippen molar-refractivity contribution in [1.29, 1.82) is 0 Å². The van der Waals surface area contributed by atoms with Crippen LogP contribution in [0.3, 0.4) is 0 Å². The number of halogens is 1. The highest BCUT2D eigenvalue weighted by Crippen LogP contribution is 2.39. The van der Waals surface area contributed by atoms with Gasteiger partial charge < -0.3 is 46.9 Å². The number of carbonyl (C=O) groups is 6. The monoisotopic (exact) mass is 796 g/mol. The minimum Gasteiger partial charge on any atom is -0.507 e. The molecular formula is C42H45ClN6O8. The van der Waals surface area contributed by atoms with Gasteiger partial charge in [-0.1, -0.05) is 48.0 Å². The summed E-state index contributed by atoms with van der Waals surface area (Å²) in [5, 5.41) is 33.1. The predicted octanol–water partition coefficient (Wildman–Crippen LogP) is 3.37. The predicted molar refractivity (Wildman–Crippen MR) is 214 cm³/mol. The number of amides is 5. The smallest absolute Gasteiger partial charge is 0.251 e. The van der Waals surface area contributed by atoms with E-state index in [0.29, 0.717) is 41.8 Å². The van der Waals surface area contributed by atoms with E-state index < -0.39 is 53.7 Å². The molecule has 5 rings (SSSR count). The molecule has 0 saturated carbocycles. The van der Waals surface area contributed by atoms with Gasteiger partial charge in [0.05, 0.1) is 6.54 Å². The van der Waals surface area contributed by atoms with Gasteiger partial charge in [-0.05, 0) is 104 Å². The van der Waals surface area contributed by atoms with Gasteiger partial charge in [0.1, 0.15) is 42.0 Å². The molecule has 0 spiro atoms. The lowest BCUT2D eigenvalue weighted by Gasteiger charge is -2.32. The van der Waals surface area contributed by atoms with Crippen LogP contribution in [0, 0.1) is 0 Å². The standard InChI is InChI=1S/C42H45ClN6O8/c1-24-38(53)48-34(40(55)45-19-20-50)22-25-6-16-35(51)31(21-25)32-23-29(13-17-36(32)52)37(41(56)46-24)49(2)42(57)33(5-3-4-18-44)47-39(54)28-9-7-26(8-10-28)27-11-14-30(43)15-12-27/h6-17,20-21,23-24,33-34,37,51-52H,3-5,18-19,22,44H2,1-2H3,(H,45,55)(H,46,56)(H,47,54)(H,48,53). The molecule has 4 aromatic rings. The van der Waals surface area contributed by atoms with E-state index in [9.17, 15) is 39.0 Å². The number of nitrogens with two attached hydrogens (primary N) is 1. The Labute approximate surface area is 334 Å². The molecule has 4 bridgehead atoms. The first-order chi connectivity index (χ1) is 27.3. The summed E-state index contributed by atoms with van der Waals surface area (Å²) < 4.78 is 0. The zero-order chi connectivity index (χ0) is 41.2. The number of aldehydes is 1. The quantitative estimate of drug-likeness (QED) is 0.0825. The Morgan fingerprint density at radius 1 is 0.895 bits per heavy atom. The molecule has 15 heteroatoms. The van der Waals surface area contributed by atoms with Crippen molar-refractivity contribution < 1.29 is 39.0 Å². The second-order valence-corrected chi connectivity index (χ2v) is 14.2. The highest BCUT2D eigenvalue weighted by molar-refractivity contribution is 6.30. The van der Waals surface area contributed by atoms with Gasteiger partial charge in [-0.2, -0.15) is 0 Å². The average Bonchev–Trinajstić information content (AvgIpc) is 3.20. The molecule has 298 valence electrons. The zero-order valence-corrected chi connectivity index (χ0v) is 32.2. The number of benzene rings is 4. The normalized spacial score (nSPS) is 17.2. The van der Waals surface area contributed by atoms with Crippen LogP contribution in [0.25, 0.3) is 22.3 Å². The maximum atomic E-state index is 14.5. The lowest BCUT2D eigenvalue weighted by Crippen LogP contribution is -2.56. The van der Waals surface area contributed by atoms with Crippen molar-refractivity contribution in [2.24, 2.45) is 5.73 Å². The number of hydrogen-bond donors (Lipinski definition) is 7. The Bertz CT molecular complexity index is 2130. The molecule has 0 fully saturated rings. The van der Waals surface area contributed by atoms with Crippen molar-refractivity contribution in [2.75, 3.05) is 20.1 Å². The van der Waals surface area contributed by atoms with Crippen LogP contribution < -0.4 is 27.0 Å². The summed E-state index contributed by atoms with van der Waals surface area (Å²) in [6.45, 7) is 1.46. The Hall–Kier alpha value is -6.25. The van der Waals surface area contributed by atoms with Crippen molar-refractivity contribution in [3.63, 3.8) is 0 Å². The molecule has 1 aliphatic heterocycles. The molecule has 0 saturated heterocycles. The van der Waals surface area contributed by atoms with Crippen LogP contribution in [-0.2, 0) is 30.4 Å². The number of hydrogen-bond acceptors (Lipinski definition) is 9. The van der Waals surface area contributed by atoms with Gasteiger partial charge in [-0.3, -0.25) is 24.0 Å². The molecular weight excluding hydrogens is 752 g/mol. The van der Waals surface area contributed by atoms with Gasteiger partial charge in [0.2, 0.25) is 23.6 Å². The largest absolute Gasteiger partial charge is 0.507 e. The average molecular weight is 797 g/mol. The second-order valence-electron chi connectivity index (χ2n) is 13.8. The minimum absolute atomic E-state index is 0.0611. The van der Waals surface area contributed by atoms with Crippen LogP contribution in [0.5, 0.6) is 11.5 Å². The molecule has 0 aromatic heterocycles. The van der Waals surface area contributed by atoms with E-state index in [1.807, 2.05) is 12.1 Å². The van der Waals surface area contributed by atoms with Crippen molar-refractivity contribution in [3.05, 3.63) is 107 Å². The number of fused-ring (bicyclic) bond motifs is 5. The Morgan fingerprint density at radius 3 is 2.18 bits per heavy atom. The van der Waals surface area contributed by atoms with Crippen LogP contribution in [0.4, 0.5) is 0 Å². The number of unbranched alkanes of at least 4 members (excludes halogenated alkanes) is 1. The van der Waals surface area contributed by atoms with Crippen LogP contribution in [0.1, 0.15) is 53.7 Å². The molecule has 1 heterocycles. The van der Waals surface area contributed by atoms with E-state index in [0.717, 1.165) is 16.0 Å². The van der Waals surface area contributed by atoms with E-state index in [2.05, 4.69) is 21.3 Å². The fourth-order valence-corrected chi connectivity index (χ4v) is 6.73. The van der Waals surface area contributed by atoms with Gasteiger partial charge >= 0.3 is 0 Å². The molecule has 14 nitrogen and oxygen atoms in total. The number of phenolic OH excluding ortho intramolecular Hbond substituents is 2. The number of nitrogens with one attached hydrogen (secondary N) is 4. The van der Waals surface area contributed by atoms with Crippen LogP contribution in [-0.4, -0.2) is 89.2 Å². The Morgan fingerprint density at radius 2 is 1.53 bits per heavy atom. The molecule has 5 amide bonds. The van der Waals surface area contributed by atoms with E-state index in [-0.39, 0.29) is 47.6 Å². The number of aromatic hydroxyl groups is 2. The number of phenols is 2. The van der Waals surface area contributed by atoms with Crippen molar-refractivity contribution >= 4 is 47.4 Å². The topological polar surface area (TPSA) is 220 Å². The molecule has 0 aliphatic carbocycles. The first kappa shape index (κ1) is 41.9. The van der Waals surface area contributed by atoms with E-state index >= 15 is 0 Å². The lowest BCUT2D eigenvalue weighted by atomic mass is 9.93. The van der Waals surface area contributed by atoms with Gasteiger partial charge in [0.15, 0.2) is 0 Å². The van der Waals surface area contributed by atoms with Gasteiger partial charge in [-0.15, -0.1) is 0 Å². The number of carbonyl (C=O) groups excluding carboxylic acids is 6. The molecule has 0 radical (unpaired) electrons. The Balaban J connectivity index is 1.50. The summed E-state index contributed by atoms with van der Waals surface area (Å²) >= 11 is 6.03. The highest BCUT2D eigenvalue weighted by atomic mass is 35.5. The first-order valence-electron chi connectivity index (χ1n) is 18.4. The third kappa shape index (κ3) is 10.3. The number of likely N-dealkylation sites (N-methyl/N-ethyl adjacent to an activating group) is 1. The Kier molecular flexibility index (Phi) is 14.0. The summed E-state index contributed by atoms with van der Waals surface area (Å²) in [6.07, 6.45) is 1.66. The fraction of sp³-hybridized carbons (Fsp3) is 0.286. The van der Waals surface area contributed by atoms with Crippen LogP contribution in [0.15, 0.2) is 84.9 Å². The second kappa shape index (κ2) is 19.1. The summed E-state index contributed by atoms with van der Waals surface area (Å²) in [5.74, 6) is -3.79. The maximum absolute atomic E-state index is 14.5. The third-order valence-electron chi connectivity index (χ3n) is 9.73. The molecule has 1 aliphatic rings. The van der Waals surface area contributed by atoms with Gasteiger partial charge in [0, 0.05) is 35.2 Å². The van der Waals surface area contributed by atoms with Crippen LogP contribution in [0.2, 0.25) is 5.02 Å². The third-order valence-corrected chi connectivity index (χ3v) is 9.98. The van der Waals surface area contributed by atoms with Gasteiger partial charge in [0.25, 0.3) is 5.91 Å². The summed E-state index contributed by atoms with van der Waals surface area (Å²) in [6, 6.07) is 17.8. The molecule has 4 unspecified atom stereocenters. The van der Waals surface area contributed by atoms with Crippen molar-refractivity contribution in [3.8, 4) is 33.8 Å². The van der Waals surface area contributed by atoms with Gasteiger partial charge in [-0.25, -0.2) is 0 Å². The maximum Gasteiger partial charge on any atom is 0.251 e. The zero-order valence-electron chi connectivity index (χ0n) is 31.5. The summed E-state index contributed by atoms with van der Waals surface area (Å²) in [7, 11) is 1.39. The molecule has 4 atom stereocenters. The molecule has 8 N–H and O–H groups in total. The van der Waals surface area contributed by atoms with Crippen molar-refractivity contribution in [2.45, 2.75) is 56.8 Å². The summed E-state index contributed by atoms with van der Waals surface area (Å²) in [4.78, 5) is 81.0. The summed E-state index contributed by atoms with van der Waals surface area (Å²) in [5.41, 5.74) is 8.79. The number of rotatable bonds is 12. The molecule has 4 aromatic carbocycles. The molecule has 57 heavy (non-hydrogen) atoms. The minimum atomic E-state index is -1.42. The lowest BCUT2D eigenvalue weighted by molar-refractivity contribution is -0.141. The van der Waals surface area contributed by atoms with E-state index in [1.165, 1.54) is 44.3 Å². The first-order valence-corrected chi connectivity index (χ1v) is 18.8. The SMILES string of the molecule is CC1NC(=O)C(N(C)C(=O)C(CCCCN)NC(=O)c2ccc(-c3ccc(Cl)cc3)cc2)c2ccc(O)c(c2)-c2cc(ccc2O)CC(C(=O)NCC=O)NC1=O. The number of nitrogens with zero attached hydrogens (tertiary/aromatic N) is 1. The highest BCUT2D eigenvalue weighted by Gasteiger charge is 2.36. The fourth-order valence-electron chi connectivity index (χ4n) is 6.60.